The molecule has 0 spiro atoms. The van der Waals surface area contributed by atoms with Gasteiger partial charge in [-0.15, -0.1) is 0 Å². The highest BCUT2D eigenvalue weighted by Crippen LogP contribution is 2.32. The molecule has 0 saturated heterocycles. The molecule has 0 bridgehead atoms. The number of rotatable bonds is 2. The lowest BCUT2D eigenvalue weighted by Crippen LogP contribution is -2.05. The van der Waals surface area contributed by atoms with E-state index < -0.39 is 5.97 Å². The van der Waals surface area contributed by atoms with Gasteiger partial charge in [-0.05, 0) is 42.8 Å². The highest BCUT2D eigenvalue weighted by molar-refractivity contribution is 6.31. The van der Waals surface area contributed by atoms with Gasteiger partial charge < -0.3 is 5.11 Å². The van der Waals surface area contributed by atoms with Crippen molar-refractivity contribution < 1.29 is 9.90 Å². The average Bonchev–Trinajstić information content (AvgIpc) is 2.46. The van der Waals surface area contributed by atoms with Crippen LogP contribution in [0.15, 0.2) is 42.5 Å². The number of hydrogen-bond acceptors (Lipinski definition) is 2. The summed E-state index contributed by atoms with van der Waals surface area (Å²) in [6, 6.07) is 12.2. The van der Waals surface area contributed by atoms with Crippen molar-refractivity contribution in [2.75, 3.05) is 0 Å². The molecule has 1 N–H and O–H groups in total. The van der Waals surface area contributed by atoms with Crippen LogP contribution in [-0.4, -0.2) is 16.1 Å². The average molecular weight is 332 g/mol. The third-order valence-electron chi connectivity index (χ3n) is 3.50. The van der Waals surface area contributed by atoms with Crippen LogP contribution in [0, 0.1) is 6.92 Å². The van der Waals surface area contributed by atoms with Gasteiger partial charge in [-0.25, -0.2) is 9.78 Å². The SMILES string of the molecule is Cc1c(-c2cccc(Cl)c2)nc2ccc(Cl)cc2c1C(=O)O. The largest absolute Gasteiger partial charge is 0.478 e. The number of carbonyl (C=O) groups is 1. The number of halogens is 2. The van der Waals surface area contributed by atoms with E-state index in [4.69, 9.17) is 23.2 Å². The fraction of sp³-hybridized carbons (Fsp3) is 0.0588. The number of hydrogen-bond donors (Lipinski definition) is 1. The molecule has 0 aliphatic heterocycles. The molecule has 22 heavy (non-hydrogen) atoms. The molecule has 3 aromatic rings. The quantitative estimate of drug-likeness (QED) is 0.700. The molecule has 1 heterocycles. The van der Waals surface area contributed by atoms with Gasteiger partial charge in [-0.1, -0.05) is 35.3 Å². The Balaban J connectivity index is 2.40. The maximum absolute atomic E-state index is 11.7. The van der Waals surface area contributed by atoms with Gasteiger partial charge in [0.1, 0.15) is 0 Å². The fourth-order valence-electron chi connectivity index (χ4n) is 2.52. The Hall–Kier alpha value is -2.10. The molecule has 2 aromatic carbocycles. The van der Waals surface area contributed by atoms with Gasteiger partial charge in [0, 0.05) is 21.0 Å². The summed E-state index contributed by atoms with van der Waals surface area (Å²) >= 11 is 12.0. The van der Waals surface area contributed by atoms with Gasteiger partial charge in [-0.2, -0.15) is 0 Å². The molecule has 0 saturated carbocycles. The normalized spacial score (nSPS) is 10.9. The van der Waals surface area contributed by atoms with Gasteiger partial charge in [0.25, 0.3) is 0 Å². The van der Waals surface area contributed by atoms with E-state index in [1.807, 2.05) is 12.1 Å². The first kappa shape index (κ1) is 14.8. The topological polar surface area (TPSA) is 50.2 Å². The Kier molecular flexibility index (Phi) is 3.77. The van der Waals surface area contributed by atoms with E-state index in [0.29, 0.717) is 32.2 Å². The van der Waals surface area contributed by atoms with Crippen molar-refractivity contribution in [1.82, 2.24) is 4.98 Å². The minimum atomic E-state index is -1.00. The van der Waals surface area contributed by atoms with Crippen LogP contribution in [-0.2, 0) is 0 Å². The first-order chi connectivity index (χ1) is 10.5. The Morgan fingerprint density at radius 2 is 1.82 bits per heavy atom. The maximum Gasteiger partial charge on any atom is 0.336 e. The smallest absolute Gasteiger partial charge is 0.336 e. The molecule has 110 valence electrons. The summed E-state index contributed by atoms with van der Waals surface area (Å²) in [5.74, 6) is -1.00. The number of carboxylic acid groups (broad SMARTS) is 1. The van der Waals surface area contributed by atoms with Crippen molar-refractivity contribution in [2.45, 2.75) is 6.92 Å². The molecule has 0 radical (unpaired) electrons. The van der Waals surface area contributed by atoms with Crippen LogP contribution in [0.1, 0.15) is 15.9 Å². The summed E-state index contributed by atoms with van der Waals surface area (Å²) in [5, 5.41) is 11.2. The molecular formula is C17H11Cl2NO2. The number of fused-ring (bicyclic) bond motifs is 1. The Morgan fingerprint density at radius 3 is 2.50 bits per heavy atom. The lowest BCUT2D eigenvalue weighted by atomic mass is 9.98. The highest BCUT2D eigenvalue weighted by Gasteiger charge is 2.18. The van der Waals surface area contributed by atoms with Crippen molar-refractivity contribution in [3.63, 3.8) is 0 Å². The first-order valence-electron chi connectivity index (χ1n) is 6.56. The molecule has 0 unspecified atom stereocenters. The van der Waals surface area contributed by atoms with Crippen LogP contribution in [0.2, 0.25) is 10.0 Å². The number of carboxylic acids is 1. The van der Waals surface area contributed by atoms with Crippen LogP contribution < -0.4 is 0 Å². The molecule has 5 heteroatoms. The first-order valence-corrected chi connectivity index (χ1v) is 7.32. The summed E-state index contributed by atoms with van der Waals surface area (Å²) in [6.45, 7) is 1.74. The minimum absolute atomic E-state index is 0.211. The lowest BCUT2D eigenvalue weighted by Gasteiger charge is -2.12. The highest BCUT2D eigenvalue weighted by atomic mass is 35.5. The molecule has 3 nitrogen and oxygen atoms in total. The van der Waals surface area contributed by atoms with E-state index in [-0.39, 0.29) is 5.56 Å². The molecule has 0 aliphatic carbocycles. The van der Waals surface area contributed by atoms with E-state index in [2.05, 4.69) is 4.98 Å². The van der Waals surface area contributed by atoms with Crippen LogP contribution in [0.3, 0.4) is 0 Å². The Morgan fingerprint density at radius 1 is 1.09 bits per heavy atom. The fourth-order valence-corrected chi connectivity index (χ4v) is 2.89. The molecule has 0 fully saturated rings. The second-order valence-electron chi connectivity index (χ2n) is 4.94. The van der Waals surface area contributed by atoms with Gasteiger partial charge in [-0.3, -0.25) is 0 Å². The van der Waals surface area contributed by atoms with Crippen molar-refractivity contribution in [2.24, 2.45) is 0 Å². The van der Waals surface area contributed by atoms with Crippen LogP contribution in [0.25, 0.3) is 22.2 Å². The summed E-state index contributed by atoms with van der Waals surface area (Å²) in [5.41, 5.74) is 2.77. The number of pyridine rings is 1. The second kappa shape index (κ2) is 5.59. The van der Waals surface area contributed by atoms with Gasteiger partial charge in [0.15, 0.2) is 0 Å². The molecule has 3 rings (SSSR count). The third kappa shape index (κ3) is 2.54. The molecule has 0 amide bonds. The Bertz CT molecular complexity index is 907. The number of aromatic nitrogens is 1. The minimum Gasteiger partial charge on any atom is -0.478 e. The lowest BCUT2D eigenvalue weighted by molar-refractivity contribution is 0.0698. The van der Waals surface area contributed by atoms with Crippen molar-refractivity contribution in [3.8, 4) is 11.3 Å². The predicted octanol–water partition coefficient (Wildman–Crippen LogP) is 5.22. The van der Waals surface area contributed by atoms with Crippen LogP contribution in [0.5, 0.6) is 0 Å². The maximum atomic E-state index is 11.7. The summed E-state index contributed by atoms with van der Waals surface area (Å²) in [4.78, 5) is 16.3. The Labute approximate surface area is 137 Å². The van der Waals surface area contributed by atoms with Gasteiger partial charge >= 0.3 is 5.97 Å². The molecule has 0 aliphatic rings. The monoisotopic (exact) mass is 331 g/mol. The van der Waals surface area contributed by atoms with Gasteiger partial charge in [0.05, 0.1) is 16.8 Å². The van der Waals surface area contributed by atoms with Crippen LogP contribution in [0.4, 0.5) is 0 Å². The third-order valence-corrected chi connectivity index (χ3v) is 3.97. The van der Waals surface area contributed by atoms with E-state index in [9.17, 15) is 9.90 Å². The van der Waals surface area contributed by atoms with Crippen molar-refractivity contribution >= 4 is 40.1 Å². The van der Waals surface area contributed by atoms with E-state index in [1.165, 1.54) is 0 Å². The van der Waals surface area contributed by atoms with E-state index in [0.717, 1.165) is 5.56 Å². The van der Waals surface area contributed by atoms with Crippen molar-refractivity contribution in [1.29, 1.82) is 0 Å². The van der Waals surface area contributed by atoms with E-state index in [1.54, 1.807) is 37.3 Å². The number of nitrogens with zero attached hydrogens (tertiary/aromatic N) is 1. The summed E-state index contributed by atoms with van der Waals surface area (Å²) in [6.07, 6.45) is 0. The molecule has 1 aromatic heterocycles. The standard InChI is InChI=1S/C17H11Cl2NO2/c1-9-15(17(21)22)13-8-12(19)5-6-14(13)20-16(9)10-3-2-4-11(18)7-10/h2-8H,1H3,(H,21,22). The number of aromatic carboxylic acids is 1. The van der Waals surface area contributed by atoms with E-state index >= 15 is 0 Å². The summed E-state index contributed by atoms with van der Waals surface area (Å²) in [7, 11) is 0. The second-order valence-corrected chi connectivity index (χ2v) is 5.81. The predicted molar refractivity (Wildman–Crippen MR) is 88.9 cm³/mol. The summed E-state index contributed by atoms with van der Waals surface area (Å²) < 4.78 is 0. The number of benzene rings is 2. The molecule has 0 atom stereocenters. The zero-order valence-electron chi connectivity index (χ0n) is 11.6. The van der Waals surface area contributed by atoms with Crippen LogP contribution >= 0.6 is 23.2 Å². The van der Waals surface area contributed by atoms with Crippen molar-refractivity contribution in [3.05, 3.63) is 63.6 Å². The zero-order chi connectivity index (χ0) is 15.9. The molecular weight excluding hydrogens is 321 g/mol. The van der Waals surface area contributed by atoms with Gasteiger partial charge in [0.2, 0.25) is 0 Å². The zero-order valence-corrected chi connectivity index (χ0v) is 13.1.